The van der Waals surface area contributed by atoms with Gasteiger partial charge in [-0.1, -0.05) is 6.07 Å². The Morgan fingerprint density at radius 2 is 1.64 bits per heavy atom. The predicted molar refractivity (Wildman–Crippen MR) is 119 cm³/mol. The summed E-state index contributed by atoms with van der Waals surface area (Å²) < 4.78 is 116. The van der Waals surface area contributed by atoms with E-state index in [9.17, 15) is 39.6 Å². The van der Waals surface area contributed by atoms with Gasteiger partial charge in [-0.05, 0) is 42.8 Å². The largest absolute Gasteiger partial charge is 0.493 e. The second-order valence-corrected chi connectivity index (χ2v) is 10.2. The second kappa shape index (κ2) is 9.71. The molecule has 0 bridgehead atoms. The lowest BCUT2D eigenvalue weighted by Crippen LogP contribution is -2.34. The van der Waals surface area contributed by atoms with Crippen molar-refractivity contribution in [2.75, 3.05) is 25.7 Å². The zero-order valence-corrected chi connectivity index (χ0v) is 20.1. The van der Waals surface area contributed by atoms with E-state index in [1.165, 1.54) is 25.3 Å². The Morgan fingerprint density at radius 1 is 0.972 bits per heavy atom. The van der Waals surface area contributed by atoms with E-state index >= 15 is 0 Å². The van der Waals surface area contributed by atoms with Crippen LogP contribution in [0, 0.1) is 0 Å². The van der Waals surface area contributed by atoms with Crippen LogP contribution in [0.3, 0.4) is 0 Å². The Morgan fingerprint density at radius 3 is 2.17 bits per heavy atom. The van der Waals surface area contributed by atoms with Crippen molar-refractivity contribution in [3.63, 3.8) is 0 Å². The number of methoxy groups -OCH3 is 1. The molecule has 0 N–H and O–H groups in total. The summed E-state index contributed by atoms with van der Waals surface area (Å²) in [6.45, 7) is 0.00422. The molecule has 1 atom stereocenters. The summed E-state index contributed by atoms with van der Waals surface area (Å²) in [5, 5.41) is 0. The quantitative estimate of drug-likeness (QED) is 0.395. The fraction of sp³-hybridized carbons (Fsp3) is 0.409. The van der Waals surface area contributed by atoms with Crippen LogP contribution >= 0.6 is 0 Å². The zero-order chi connectivity index (χ0) is 27.1. The maximum absolute atomic E-state index is 13.3. The van der Waals surface area contributed by atoms with Gasteiger partial charge in [-0.15, -0.1) is 0 Å². The van der Waals surface area contributed by atoms with Crippen LogP contribution in [0.4, 0.5) is 26.3 Å². The minimum absolute atomic E-state index is 0.160. The van der Waals surface area contributed by atoms with E-state index < -0.39 is 57.3 Å². The molecular formula is C22H22F6N2O5S. The number of nitrogens with zero attached hydrogens (tertiary/aromatic N) is 2. The van der Waals surface area contributed by atoms with E-state index in [2.05, 4.69) is 0 Å². The number of sulfone groups is 1. The number of imidazole rings is 1. The first-order valence-electron chi connectivity index (χ1n) is 10.4. The molecule has 2 aromatic carbocycles. The highest BCUT2D eigenvalue weighted by atomic mass is 32.2. The fourth-order valence-corrected chi connectivity index (χ4v) is 4.78. The average molecular weight is 540 g/mol. The maximum Gasteiger partial charge on any atom is 0.416 e. The predicted octanol–water partition coefficient (Wildman–Crippen LogP) is 4.43. The molecule has 0 saturated heterocycles. The van der Waals surface area contributed by atoms with Crippen molar-refractivity contribution in [1.29, 1.82) is 0 Å². The molecule has 3 aromatic rings. The monoisotopic (exact) mass is 540 g/mol. The highest BCUT2D eigenvalue weighted by molar-refractivity contribution is 7.90. The van der Waals surface area contributed by atoms with Gasteiger partial charge in [0.1, 0.15) is 16.4 Å². The normalized spacial score (nSPS) is 13.7. The molecule has 0 amide bonds. The highest BCUT2D eigenvalue weighted by Gasteiger charge is 2.35. The molecule has 3 rings (SSSR count). The number of ether oxygens (including phenoxy) is 2. The number of rotatable bonds is 8. The van der Waals surface area contributed by atoms with Crippen LogP contribution in [0.15, 0.2) is 41.2 Å². The van der Waals surface area contributed by atoms with Crippen LogP contribution in [-0.2, 0) is 22.6 Å². The minimum Gasteiger partial charge on any atom is -0.493 e. The molecule has 36 heavy (non-hydrogen) atoms. The van der Waals surface area contributed by atoms with E-state index in [4.69, 9.17) is 9.47 Å². The molecule has 0 unspecified atom stereocenters. The van der Waals surface area contributed by atoms with Crippen molar-refractivity contribution in [3.8, 4) is 11.5 Å². The van der Waals surface area contributed by atoms with Crippen molar-refractivity contribution in [2.45, 2.75) is 31.9 Å². The van der Waals surface area contributed by atoms with Gasteiger partial charge in [0.15, 0.2) is 11.5 Å². The molecule has 0 aliphatic heterocycles. The van der Waals surface area contributed by atoms with Crippen molar-refractivity contribution in [1.82, 2.24) is 9.13 Å². The number of aromatic nitrogens is 2. The van der Waals surface area contributed by atoms with Gasteiger partial charge in [-0.2, -0.15) is 26.3 Å². The second-order valence-electron chi connectivity index (χ2n) is 8.01. The van der Waals surface area contributed by atoms with Crippen molar-refractivity contribution < 1.29 is 44.2 Å². The average Bonchev–Trinajstić information content (AvgIpc) is 3.00. The van der Waals surface area contributed by atoms with Gasteiger partial charge in [0.05, 0.1) is 42.1 Å². The van der Waals surface area contributed by atoms with Crippen LogP contribution in [0.5, 0.6) is 11.5 Å². The van der Waals surface area contributed by atoms with Gasteiger partial charge in [0, 0.05) is 6.26 Å². The topological polar surface area (TPSA) is 79.5 Å². The molecule has 7 nitrogen and oxygen atoms in total. The molecule has 1 heterocycles. The van der Waals surface area contributed by atoms with Crippen molar-refractivity contribution in [3.05, 3.63) is 58.0 Å². The Labute approximate surface area is 201 Å². The summed E-state index contributed by atoms with van der Waals surface area (Å²) in [4.78, 5) is 13.3. The van der Waals surface area contributed by atoms with Crippen LogP contribution in [0.2, 0.25) is 0 Å². The maximum atomic E-state index is 13.3. The SMILES string of the molecule is CCOc1cc([C@@H](CS(C)(=O)=O)n2c(=O)n(CC(F)(F)F)c3cc(C(F)(F)F)ccc32)ccc1OC. The number of benzene rings is 2. The molecule has 0 aliphatic carbocycles. The Kier molecular flexibility index (Phi) is 7.40. The lowest BCUT2D eigenvalue weighted by molar-refractivity contribution is -0.140. The Balaban J connectivity index is 2.38. The molecule has 0 spiro atoms. The third kappa shape index (κ3) is 5.97. The third-order valence-electron chi connectivity index (χ3n) is 5.27. The van der Waals surface area contributed by atoms with Gasteiger partial charge in [-0.3, -0.25) is 9.13 Å². The smallest absolute Gasteiger partial charge is 0.416 e. The number of hydrogen-bond donors (Lipinski definition) is 0. The van der Waals surface area contributed by atoms with Crippen LogP contribution in [0.25, 0.3) is 11.0 Å². The minimum atomic E-state index is -4.94. The summed E-state index contributed by atoms with van der Waals surface area (Å²) in [5.74, 6) is -0.264. The van der Waals surface area contributed by atoms with Crippen LogP contribution in [-0.4, -0.2) is 49.5 Å². The van der Waals surface area contributed by atoms with E-state index in [1.54, 1.807) is 6.92 Å². The van der Waals surface area contributed by atoms with Gasteiger partial charge in [0.2, 0.25) is 0 Å². The van der Waals surface area contributed by atoms with Crippen molar-refractivity contribution >= 4 is 20.9 Å². The molecular weight excluding hydrogens is 518 g/mol. The Bertz CT molecular complexity index is 1420. The molecule has 14 heteroatoms. The molecule has 0 fully saturated rings. The van der Waals surface area contributed by atoms with Crippen LogP contribution in [0.1, 0.15) is 24.1 Å². The third-order valence-corrected chi connectivity index (χ3v) is 6.19. The van der Waals surface area contributed by atoms with Gasteiger partial charge in [0.25, 0.3) is 0 Å². The van der Waals surface area contributed by atoms with E-state index in [1.807, 2.05) is 0 Å². The first-order valence-corrected chi connectivity index (χ1v) is 12.5. The zero-order valence-electron chi connectivity index (χ0n) is 19.3. The standard InChI is InChI=1S/C22H22F6N2O5S/c1-4-35-19-9-13(5-8-18(19)34-2)17(11-36(3,32)33)30-15-7-6-14(22(26,27)28)10-16(15)29(20(30)31)12-21(23,24)25/h5-10,17H,4,11-12H2,1-3H3/t17-/m1/s1. The summed E-state index contributed by atoms with van der Waals surface area (Å²) in [7, 11) is -2.49. The van der Waals surface area contributed by atoms with Crippen LogP contribution < -0.4 is 15.2 Å². The van der Waals surface area contributed by atoms with Gasteiger partial charge >= 0.3 is 18.0 Å². The molecule has 198 valence electrons. The summed E-state index contributed by atoms with van der Waals surface area (Å²) >= 11 is 0. The summed E-state index contributed by atoms with van der Waals surface area (Å²) in [6, 6.07) is 4.74. The lowest BCUT2D eigenvalue weighted by Gasteiger charge is -2.20. The highest BCUT2D eigenvalue weighted by Crippen LogP contribution is 2.35. The number of alkyl halides is 6. The molecule has 0 aliphatic rings. The van der Waals surface area contributed by atoms with Gasteiger partial charge in [-0.25, -0.2) is 13.2 Å². The van der Waals surface area contributed by atoms with Crippen molar-refractivity contribution in [2.24, 2.45) is 0 Å². The molecule has 0 saturated carbocycles. The molecule has 0 radical (unpaired) electrons. The van der Waals surface area contributed by atoms with Gasteiger partial charge < -0.3 is 9.47 Å². The number of hydrogen-bond acceptors (Lipinski definition) is 5. The molecule has 1 aromatic heterocycles. The van der Waals surface area contributed by atoms with E-state index in [0.717, 1.165) is 16.9 Å². The first kappa shape index (κ1) is 27.4. The van der Waals surface area contributed by atoms with E-state index in [-0.39, 0.29) is 33.8 Å². The lowest BCUT2D eigenvalue weighted by atomic mass is 10.1. The summed E-state index contributed by atoms with van der Waals surface area (Å²) in [6.07, 6.45) is -8.95. The van der Waals surface area contributed by atoms with E-state index in [0.29, 0.717) is 12.1 Å². The number of fused-ring (bicyclic) bond motifs is 1. The number of halogens is 6. The first-order chi connectivity index (χ1) is 16.6. The summed E-state index contributed by atoms with van der Waals surface area (Å²) in [5.41, 5.74) is -3.34. The fourth-order valence-electron chi connectivity index (χ4n) is 3.86. The Hall–Kier alpha value is -3.16.